The normalized spacial score (nSPS) is 10.2. The fourth-order valence-electron chi connectivity index (χ4n) is 1.72. The molecule has 94 valence electrons. The van der Waals surface area contributed by atoms with E-state index in [1.165, 1.54) is 0 Å². The van der Waals surface area contributed by atoms with Crippen LogP contribution < -0.4 is 16.4 Å². The zero-order chi connectivity index (χ0) is 12.7. The molecule has 0 aromatic heterocycles. The molecule has 0 unspecified atom stereocenters. The van der Waals surface area contributed by atoms with Crippen molar-refractivity contribution in [3.05, 3.63) is 29.8 Å². The second-order valence-electron chi connectivity index (χ2n) is 4.12. The van der Waals surface area contributed by atoms with E-state index in [1.54, 1.807) is 0 Å². The molecule has 17 heavy (non-hydrogen) atoms. The number of unbranched alkanes of at least 4 members (excludes halogenated alkanes) is 1. The second-order valence-corrected chi connectivity index (χ2v) is 4.12. The Morgan fingerprint density at radius 2 is 2.18 bits per heavy atom. The summed E-state index contributed by atoms with van der Waals surface area (Å²) in [5, 5.41) is 0. The fraction of sp³-hybridized carbons (Fsp3) is 0.462. The first-order valence-corrected chi connectivity index (χ1v) is 5.99. The minimum absolute atomic E-state index is 0.258. The zero-order valence-corrected chi connectivity index (χ0v) is 10.4. The molecule has 4 N–H and O–H groups in total. The molecule has 4 nitrogen and oxygen atoms in total. The van der Waals surface area contributed by atoms with Crippen LogP contribution >= 0.6 is 0 Å². The van der Waals surface area contributed by atoms with E-state index >= 15 is 0 Å². The van der Waals surface area contributed by atoms with Crippen molar-refractivity contribution in [3.63, 3.8) is 0 Å². The first kappa shape index (κ1) is 13.5. The summed E-state index contributed by atoms with van der Waals surface area (Å²) in [6.45, 7) is 3.73. The third-order valence-electron chi connectivity index (χ3n) is 2.64. The summed E-state index contributed by atoms with van der Waals surface area (Å²) < 4.78 is 0. The number of nitrogens with zero attached hydrogens (tertiary/aromatic N) is 1. The zero-order valence-electron chi connectivity index (χ0n) is 10.4. The maximum absolute atomic E-state index is 11.1. The summed E-state index contributed by atoms with van der Waals surface area (Å²) in [5.41, 5.74) is 13.0. The summed E-state index contributed by atoms with van der Waals surface area (Å²) in [7, 11) is 0. The average molecular weight is 235 g/mol. The van der Waals surface area contributed by atoms with E-state index in [0.29, 0.717) is 6.54 Å². The number of anilines is 1. The van der Waals surface area contributed by atoms with E-state index in [4.69, 9.17) is 11.5 Å². The van der Waals surface area contributed by atoms with Gasteiger partial charge in [-0.15, -0.1) is 0 Å². The fourth-order valence-corrected chi connectivity index (χ4v) is 1.72. The van der Waals surface area contributed by atoms with Crippen LogP contribution in [0.2, 0.25) is 0 Å². The first-order chi connectivity index (χ1) is 8.17. The van der Waals surface area contributed by atoms with E-state index in [0.717, 1.165) is 30.6 Å². The summed E-state index contributed by atoms with van der Waals surface area (Å²) in [4.78, 5) is 13.1. The monoisotopic (exact) mass is 235 g/mol. The van der Waals surface area contributed by atoms with Gasteiger partial charge in [-0.3, -0.25) is 4.79 Å². The molecule has 1 rings (SSSR count). The lowest BCUT2D eigenvalue weighted by Crippen LogP contribution is -2.34. The molecule has 0 radical (unpaired) electrons. The topological polar surface area (TPSA) is 72.3 Å². The van der Waals surface area contributed by atoms with Crippen molar-refractivity contribution in [2.75, 3.05) is 18.0 Å². The molecule has 0 saturated heterocycles. The van der Waals surface area contributed by atoms with Crippen molar-refractivity contribution in [1.29, 1.82) is 0 Å². The molecule has 1 aromatic rings. The van der Waals surface area contributed by atoms with Gasteiger partial charge in [0.05, 0.1) is 6.54 Å². The van der Waals surface area contributed by atoms with Crippen molar-refractivity contribution in [2.45, 2.75) is 26.3 Å². The molecule has 0 atom stereocenters. The van der Waals surface area contributed by atoms with E-state index in [-0.39, 0.29) is 12.5 Å². The van der Waals surface area contributed by atoms with Crippen LogP contribution in [0.1, 0.15) is 25.3 Å². The largest absolute Gasteiger partial charge is 0.368 e. The Bertz CT molecular complexity index is 365. The number of hydrogen-bond donors (Lipinski definition) is 2. The van der Waals surface area contributed by atoms with Gasteiger partial charge in [0, 0.05) is 18.8 Å². The van der Waals surface area contributed by atoms with E-state index in [1.807, 2.05) is 29.2 Å². The van der Waals surface area contributed by atoms with Crippen molar-refractivity contribution in [1.82, 2.24) is 0 Å². The van der Waals surface area contributed by atoms with E-state index < -0.39 is 0 Å². The summed E-state index contributed by atoms with van der Waals surface area (Å²) in [6.07, 6.45) is 2.13. The number of hydrogen-bond acceptors (Lipinski definition) is 3. The number of rotatable bonds is 7. The highest BCUT2D eigenvalue weighted by Crippen LogP contribution is 2.16. The smallest absolute Gasteiger partial charge is 0.236 e. The van der Waals surface area contributed by atoms with Crippen molar-refractivity contribution < 1.29 is 4.79 Å². The van der Waals surface area contributed by atoms with Gasteiger partial charge in [-0.1, -0.05) is 25.5 Å². The Kier molecular flexibility index (Phi) is 5.49. The van der Waals surface area contributed by atoms with Gasteiger partial charge in [-0.05, 0) is 24.1 Å². The molecular weight excluding hydrogens is 214 g/mol. The lowest BCUT2D eigenvalue weighted by molar-refractivity contribution is -0.116. The van der Waals surface area contributed by atoms with Gasteiger partial charge in [-0.25, -0.2) is 0 Å². The molecule has 1 aromatic carbocycles. The van der Waals surface area contributed by atoms with Crippen LogP contribution in [0.4, 0.5) is 5.69 Å². The molecule has 0 spiro atoms. The predicted molar refractivity (Wildman–Crippen MR) is 70.6 cm³/mol. The third-order valence-corrected chi connectivity index (χ3v) is 2.64. The number of carbonyl (C=O) groups excluding carboxylic acids is 1. The number of primary amides is 1. The Morgan fingerprint density at radius 1 is 1.41 bits per heavy atom. The summed E-state index contributed by atoms with van der Waals surface area (Å²) >= 11 is 0. The van der Waals surface area contributed by atoms with Crippen molar-refractivity contribution >= 4 is 11.6 Å². The van der Waals surface area contributed by atoms with Crippen molar-refractivity contribution in [2.24, 2.45) is 11.5 Å². The quantitative estimate of drug-likeness (QED) is 0.746. The molecule has 4 heteroatoms. The SMILES string of the molecule is CCCCN(CC(N)=O)c1cccc(CN)c1. The van der Waals surface area contributed by atoms with Crippen LogP contribution in [0, 0.1) is 0 Å². The Hall–Kier alpha value is -1.55. The van der Waals surface area contributed by atoms with Crippen LogP contribution in [0.25, 0.3) is 0 Å². The lowest BCUT2D eigenvalue weighted by atomic mass is 10.1. The maximum Gasteiger partial charge on any atom is 0.236 e. The standard InChI is InChI=1S/C13H21N3O/c1-2-3-7-16(10-13(15)17)12-6-4-5-11(8-12)9-14/h4-6,8H,2-3,7,9-10,14H2,1H3,(H2,15,17). The second kappa shape index (κ2) is 6.91. The van der Waals surface area contributed by atoms with Gasteiger partial charge in [0.25, 0.3) is 0 Å². The molecule has 0 aliphatic rings. The molecular formula is C13H21N3O. The maximum atomic E-state index is 11.1. The Balaban J connectivity index is 2.82. The van der Waals surface area contributed by atoms with Crippen LogP contribution in [-0.4, -0.2) is 19.0 Å². The Labute approximate surface area is 103 Å². The lowest BCUT2D eigenvalue weighted by Gasteiger charge is -2.23. The molecule has 0 saturated carbocycles. The van der Waals surface area contributed by atoms with Crippen LogP contribution in [0.15, 0.2) is 24.3 Å². The highest BCUT2D eigenvalue weighted by atomic mass is 16.1. The van der Waals surface area contributed by atoms with E-state index in [9.17, 15) is 4.79 Å². The highest BCUT2D eigenvalue weighted by molar-refractivity contribution is 5.79. The number of carbonyl (C=O) groups is 1. The summed E-state index contributed by atoms with van der Waals surface area (Å²) in [5.74, 6) is -0.306. The van der Waals surface area contributed by atoms with E-state index in [2.05, 4.69) is 6.92 Å². The molecule has 0 fully saturated rings. The molecule has 0 aliphatic heterocycles. The summed E-state index contributed by atoms with van der Waals surface area (Å²) in [6, 6.07) is 7.93. The van der Waals surface area contributed by atoms with Gasteiger partial charge in [0.2, 0.25) is 5.91 Å². The number of nitrogens with two attached hydrogens (primary N) is 2. The van der Waals surface area contributed by atoms with Crippen molar-refractivity contribution in [3.8, 4) is 0 Å². The first-order valence-electron chi connectivity index (χ1n) is 5.99. The van der Waals surface area contributed by atoms with Gasteiger partial charge in [0.15, 0.2) is 0 Å². The van der Waals surface area contributed by atoms with Gasteiger partial charge in [-0.2, -0.15) is 0 Å². The van der Waals surface area contributed by atoms with Gasteiger partial charge < -0.3 is 16.4 Å². The Morgan fingerprint density at radius 3 is 2.76 bits per heavy atom. The average Bonchev–Trinajstić information content (AvgIpc) is 2.34. The van der Waals surface area contributed by atoms with Crippen LogP contribution in [0.3, 0.4) is 0 Å². The number of benzene rings is 1. The highest BCUT2D eigenvalue weighted by Gasteiger charge is 2.09. The molecule has 1 amide bonds. The van der Waals surface area contributed by atoms with Gasteiger partial charge in [0.1, 0.15) is 0 Å². The minimum Gasteiger partial charge on any atom is -0.368 e. The molecule has 0 aliphatic carbocycles. The van der Waals surface area contributed by atoms with Gasteiger partial charge >= 0.3 is 0 Å². The predicted octanol–water partition coefficient (Wildman–Crippen LogP) is 1.24. The van der Waals surface area contributed by atoms with Crippen LogP contribution in [0.5, 0.6) is 0 Å². The third kappa shape index (κ3) is 4.44. The minimum atomic E-state index is -0.306. The van der Waals surface area contributed by atoms with Crippen LogP contribution in [-0.2, 0) is 11.3 Å². The number of amides is 1. The molecule has 0 bridgehead atoms. The molecule has 0 heterocycles.